The fraction of sp³-hybridized carbons (Fsp3) is 0.882. The summed E-state index contributed by atoms with van der Waals surface area (Å²) in [4.78, 5) is 25.7. The molecule has 7 heteroatoms. The van der Waals surface area contributed by atoms with E-state index in [1.165, 1.54) is 0 Å². The van der Waals surface area contributed by atoms with Crippen LogP contribution < -0.4 is 10.6 Å². The summed E-state index contributed by atoms with van der Waals surface area (Å²) in [7, 11) is 0. The number of rotatable bonds is 3. The van der Waals surface area contributed by atoms with E-state index < -0.39 is 5.60 Å². The molecule has 2 fully saturated rings. The normalized spacial score (nSPS) is 20.5. The lowest BCUT2D eigenvalue weighted by Gasteiger charge is -2.33. The van der Waals surface area contributed by atoms with Crippen molar-refractivity contribution >= 4 is 12.1 Å². The smallest absolute Gasteiger partial charge is 0.410 e. The quantitative estimate of drug-likeness (QED) is 0.824. The number of hydrogen-bond donors (Lipinski definition) is 2. The van der Waals surface area contributed by atoms with Crippen molar-refractivity contribution in [2.45, 2.75) is 58.1 Å². The minimum Gasteiger partial charge on any atom is -0.444 e. The number of urea groups is 1. The number of nitrogens with zero attached hydrogens (tertiary/aromatic N) is 1. The predicted molar refractivity (Wildman–Crippen MR) is 90.9 cm³/mol. The Hall–Kier alpha value is -1.50. The number of piperidine rings is 1. The zero-order valence-corrected chi connectivity index (χ0v) is 15.1. The second-order valence-corrected chi connectivity index (χ2v) is 7.65. The van der Waals surface area contributed by atoms with E-state index in [0.717, 1.165) is 38.9 Å². The van der Waals surface area contributed by atoms with Gasteiger partial charge in [0.2, 0.25) is 0 Å². The summed E-state index contributed by atoms with van der Waals surface area (Å²) < 4.78 is 10.7. The highest BCUT2D eigenvalue weighted by Crippen LogP contribution is 2.16. The van der Waals surface area contributed by atoms with E-state index >= 15 is 0 Å². The Labute approximate surface area is 144 Å². The van der Waals surface area contributed by atoms with E-state index in [2.05, 4.69) is 10.6 Å². The summed E-state index contributed by atoms with van der Waals surface area (Å²) in [6.07, 6.45) is 3.25. The third-order valence-corrected chi connectivity index (χ3v) is 4.37. The molecule has 2 rings (SSSR count). The average Bonchev–Trinajstić information content (AvgIpc) is 2.53. The van der Waals surface area contributed by atoms with E-state index in [9.17, 15) is 9.59 Å². The monoisotopic (exact) mass is 341 g/mol. The highest BCUT2D eigenvalue weighted by molar-refractivity contribution is 5.74. The number of amides is 3. The fourth-order valence-corrected chi connectivity index (χ4v) is 2.96. The third-order valence-electron chi connectivity index (χ3n) is 4.37. The van der Waals surface area contributed by atoms with Gasteiger partial charge >= 0.3 is 12.1 Å². The van der Waals surface area contributed by atoms with Crippen LogP contribution in [0.5, 0.6) is 0 Å². The maximum atomic E-state index is 12.0. The van der Waals surface area contributed by atoms with Crippen LogP contribution in [0.2, 0.25) is 0 Å². The van der Waals surface area contributed by atoms with Crippen LogP contribution in [0.3, 0.4) is 0 Å². The third kappa shape index (κ3) is 6.55. The van der Waals surface area contributed by atoms with Crippen LogP contribution in [0.25, 0.3) is 0 Å². The Bertz CT molecular complexity index is 422. The largest absolute Gasteiger partial charge is 0.444 e. The van der Waals surface area contributed by atoms with Crippen LogP contribution in [-0.4, -0.2) is 61.5 Å². The lowest BCUT2D eigenvalue weighted by molar-refractivity contribution is 0.0201. The molecule has 2 aliphatic rings. The molecular formula is C17H31N3O4. The fourth-order valence-electron chi connectivity index (χ4n) is 2.96. The van der Waals surface area contributed by atoms with Gasteiger partial charge in [0.05, 0.1) is 0 Å². The molecule has 0 bridgehead atoms. The first-order valence-corrected chi connectivity index (χ1v) is 8.93. The second-order valence-electron chi connectivity index (χ2n) is 7.65. The van der Waals surface area contributed by atoms with Crippen molar-refractivity contribution in [1.29, 1.82) is 0 Å². The van der Waals surface area contributed by atoms with Crippen LogP contribution in [0.15, 0.2) is 0 Å². The number of carbonyl (C=O) groups is 2. The lowest BCUT2D eigenvalue weighted by Crippen LogP contribution is -2.50. The number of ether oxygens (including phenoxy) is 2. The minimum absolute atomic E-state index is 0.110. The highest BCUT2D eigenvalue weighted by atomic mass is 16.6. The SMILES string of the molecule is CC(C)(C)OC(=O)N1CCC(NC(=O)NCC2CCOCC2)CC1. The van der Waals surface area contributed by atoms with Gasteiger partial charge in [-0.1, -0.05) is 0 Å². The molecule has 0 aromatic carbocycles. The molecule has 2 aliphatic heterocycles. The molecule has 0 saturated carbocycles. The van der Waals surface area contributed by atoms with E-state index in [4.69, 9.17) is 9.47 Å². The summed E-state index contributed by atoms with van der Waals surface area (Å²) >= 11 is 0. The zero-order valence-electron chi connectivity index (χ0n) is 15.1. The molecule has 0 aliphatic carbocycles. The maximum absolute atomic E-state index is 12.0. The summed E-state index contributed by atoms with van der Waals surface area (Å²) in [5, 5.41) is 5.96. The summed E-state index contributed by atoms with van der Waals surface area (Å²) in [5.74, 6) is 0.513. The summed E-state index contributed by atoms with van der Waals surface area (Å²) in [6.45, 7) is 9.09. The van der Waals surface area contributed by atoms with Crippen LogP contribution in [0, 0.1) is 5.92 Å². The van der Waals surface area contributed by atoms with Gasteiger partial charge in [-0.3, -0.25) is 0 Å². The molecule has 3 amide bonds. The van der Waals surface area contributed by atoms with Crippen molar-refractivity contribution in [1.82, 2.24) is 15.5 Å². The van der Waals surface area contributed by atoms with Crippen molar-refractivity contribution in [3.8, 4) is 0 Å². The van der Waals surface area contributed by atoms with Crippen molar-refractivity contribution in [2.75, 3.05) is 32.8 Å². The van der Waals surface area contributed by atoms with Gasteiger partial charge in [0.15, 0.2) is 0 Å². The second kappa shape index (κ2) is 8.55. The van der Waals surface area contributed by atoms with Gasteiger partial charge in [-0.25, -0.2) is 9.59 Å². The molecule has 0 radical (unpaired) electrons. The number of carbonyl (C=O) groups excluding carboxylic acids is 2. The van der Waals surface area contributed by atoms with Crippen molar-refractivity contribution in [3.63, 3.8) is 0 Å². The molecule has 0 unspecified atom stereocenters. The van der Waals surface area contributed by atoms with E-state index in [1.807, 2.05) is 20.8 Å². The van der Waals surface area contributed by atoms with Crippen molar-refractivity contribution in [3.05, 3.63) is 0 Å². The van der Waals surface area contributed by atoms with E-state index in [-0.39, 0.29) is 18.2 Å². The van der Waals surface area contributed by atoms with Crippen LogP contribution in [-0.2, 0) is 9.47 Å². The summed E-state index contributed by atoms with van der Waals surface area (Å²) in [5.41, 5.74) is -0.476. The topological polar surface area (TPSA) is 79.9 Å². The van der Waals surface area contributed by atoms with Gasteiger partial charge in [-0.2, -0.15) is 0 Å². The van der Waals surface area contributed by atoms with Gasteiger partial charge in [-0.05, 0) is 52.4 Å². The number of hydrogen-bond acceptors (Lipinski definition) is 4. The Morgan fingerprint density at radius 2 is 1.75 bits per heavy atom. The maximum Gasteiger partial charge on any atom is 0.410 e. The molecule has 0 spiro atoms. The van der Waals surface area contributed by atoms with Crippen molar-refractivity contribution < 1.29 is 19.1 Å². The molecule has 7 nitrogen and oxygen atoms in total. The standard InChI is InChI=1S/C17H31N3O4/c1-17(2,3)24-16(22)20-8-4-14(5-9-20)19-15(21)18-12-13-6-10-23-11-7-13/h13-14H,4-12H2,1-3H3,(H2,18,19,21). The van der Waals surface area contributed by atoms with Gasteiger partial charge in [0, 0.05) is 38.9 Å². The predicted octanol–water partition coefficient (Wildman–Crippen LogP) is 2.11. The molecule has 0 aromatic heterocycles. The molecule has 24 heavy (non-hydrogen) atoms. The molecule has 0 aromatic rings. The summed E-state index contributed by atoms with van der Waals surface area (Å²) in [6, 6.07) is -0.00409. The molecule has 2 N–H and O–H groups in total. The molecule has 2 saturated heterocycles. The van der Waals surface area contributed by atoms with Crippen LogP contribution in [0.4, 0.5) is 9.59 Å². The van der Waals surface area contributed by atoms with Gasteiger partial charge in [-0.15, -0.1) is 0 Å². The van der Waals surface area contributed by atoms with Crippen LogP contribution >= 0.6 is 0 Å². The first kappa shape index (κ1) is 18.8. The van der Waals surface area contributed by atoms with Crippen LogP contribution in [0.1, 0.15) is 46.5 Å². The Balaban J connectivity index is 1.63. The number of nitrogens with one attached hydrogen (secondary N) is 2. The van der Waals surface area contributed by atoms with Gasteiger partial charge < -0.3 is 25.0 Å². The Morgan fingerprint density at radius 3 is 2.33 bits per heavy atom. The minimum atomic E-state index is -0.476. The Kier molecular flexibility index (Phi) is 6.71. The van der Waals surface area contributed by atoms with E-state index in [1.54, 1.807) is 4.90 Å². The molecule has 0 atom stereocenters. The molecular weight excluding hydrogens is 310 g/mol. The molecule has 138 valence electrons. The van der Waals surface area contributed by atoms with Crippen molar-refractivity contribution in [2.24, 2.45) is 5.92 Å². The Morgan fingerprint density at radius 1 is 1.12 bits per heavy atom. The number of likely N-dealkylation sites (tertiary alicyclic amines) is 1. The van der Waals surface area contributed by atoms with E-state index in [0.29, 0.717) is 25.6 Å². The average molecular weight is 341 g/mol. The first-order chi connectivity index (χ1) is 11.3. The lowest BCUT2D eigenvalue weighted by atomic mass is 10.0. The molecule has 2 heterocycles. The van der Waals surface area contributed by atoms with Gasteiger partial charge in [0.25, 0.3) is 0 Å². The highest BCUT2D eigenvalue weighted by Gasteiger charge is 2.27. The van der Waals surface area contributed by atoms with Gasteiger partial charge in [0.1, 0.15) is 5.60 Å². The first-order valence-electron chi connectivity index (χ1n) is 8.93. The zero-order chi connectivity index (χ0) is 17.6.